The Bertz CT molecular complexity index is 308. The van der Waals surface area contributed by atoms with Gasteiger partial charge in [0.05, 0.1) is 6.61 Å². The maximum absolute atomic E-state index is 5.74. The van der Waals surface area contributed by atoms with Crippen molar-refractivity contribution < 1.29 is 4.74 Å². The Kier molecular flexibility index (Phi) is 8.95. The summed E-state index contributed by atoms with van der Waals surface area (Å²) in [6.07, 6.45) is 8.87. The van der Waals surface area contributed by atoms with Gasteiger partial charge in [-0.3, -0.25) is 0 Å². The zero-order valence-electron chi connectivity index (χ0n) is 12.6. The molecule has 108 valence electrons. The number of ether oxygens (including phenoxy) is 1. The fraction of sp³-hybridized carbons (Fsp3) is 0.647. The van der Waals surface area contributed by atoms with Crippen molar-refractivity contribution in [2.45, 2.75) is 58.8 Å². The molecule has 0 heterocycles. The van der Waals surface area contributed by atoms with Gasteiger partial charge < -0.3 is 10.1 Å². The van der Waals surface area contributed by atoms with Gasteiger partial charge >= 0.3 is 0 Å². The van der Waals surface area contributed by atoms with Crippen molar-refractivity contribution in [3.8, 4) is 5.75 Å². The fourth-order valence-electron chi connectivity index (χ4n) is 1.97. The Morgan fingerprint density at radius 2 is 1.53 bits per heavy atom. The second-order valence-corrected chi connectivity index (χ2v) is 5.07. The number of hydrogen-bond donors (Lipinski definition) is 1. The monoisotopic (exact) mass is 263 g/mol. The average molecular weight is 263 g/mol. The summed E-state index contributed by atoms with van der Waals surface area (Å²) in [6, 6.07) is 8.31. The van der Waals surface area contributed by atoms with Crippen LogP contribution in [0.1, 0.15) is 58.8 Å². The van der Waals surface area contributed by atoms with E-state index in [1.165, 1.54) is 44.2 Å². The van der Waals surface area contributed by atoms with Crippen LogP contribution in [0.4, 0.5) is 5.69 Å². The van der Waals surface area contributed by atoms with E-state index < -0.39 is 0 Å². The van der Waals surface area contributed by atoms with E-state index in [4.69, 9.17) is 4.74 Å². The summed E-state index contributed by atoms with van der Waals surface area (Å²) in [6.45, 7) is 6.34. The highest BCUT2D eigenvalue weighted by molar-refractivity contribution is 5.46. The van der Waals surface area contributed by atoms with Crippen molar-refractivity contribution in [1.29, 1.82) is 0 Å². The first-order chi connectivity index (χ1) is 9.36. The second kappa shape index (κ2) is 10.7. The zero-order valence-corrected chi connectivity index (χ0v) is 12.6. The van der Waals surface area contributed by atoms with Crippen molar-refractivity contribution in [3.63, 3.8) is 0 Å². The third kappa shape index (κ3) is 7.76. The molecule has 1 aromatic rings. The first kappa shape index (κ1) is 15.9. The summed E-state index contributed by atoms with van der Waals surface area (Å²) in [4.78, 5) is 0. The number of hydrogen-bond acceptors (Lipinski definition) is 2. The van der Waals surface area contributed by atoms with Crippen molar-refractivity contribution >= 4 is 5.69 Å². The number of anilines is 1. The number of benzene rings is 1. The largest absolute Gasteiger partial charge is 0.494 e. The molecule has 0 saturated heterocycles. The Morgan fingerprint density at radius 1 is 0.842 bits per heavy atom. The van der Waals surface area contributed by atoms with Crippen molar-refractivity contribution in [2.75, 3.05) is 18.5 Å². The molecule has 0 radical (unpaired) electrons. The lowest BCUT2D eigenvalue weighted by atomic mass is 10.2. The minimum atomic E-state index is 0.840. The van der Waals surface area contributed by atoms with E-state index in [1.54, 1.807) is 0 Å². The SMILES string of the molecule is CCCCCCCOc1ccc(NCCCC)cc1. The molecule has 0 saturated carbocycles. The highest BCUT2D eigenvalue weighted by Crippen LogP contribution is 2.16. The summed E-state index contributed by atoms with van der Waals surface area (Å²) in [5.74, 6) is 0.983. The molecule has 0 aliphatic carbocycles. The van der Waals surface area contributed by atoms with Crippen LogP contribution in [0, 0.1) is 0 Å². The van der Waals surface area contributed by atoms with Crippen LogP contribution in [0.25, 0.3) is 0 Å². The van der Waals surface area contributed by atoms with Gasteiger partial charge in [0, 0.05) is 12.2 Å². The highest BCUT2D eigenvalue weighted by Gasteiger charge is 1.95. The molecule has 2 heteroatoms. The van der Waals surface area contributed by atoms with Gasteiger partial charge in [-0.05, 0) is 37.1 Å². The molecule has 19 heavy (non-hydrogen) atoms. The molecular weight excluding hydrogens is 234 g/mol. The smallest absolute Gasteiger partial charge is 0.119 e. The third-order valence-electron chi connectivity index (χ3n) is 3.23. The molecule has 0 unspecified atom stereocenters. The van der Waals surface area contributed by atoms with Crippen LogP contribution in [0.5, 0.6) is 5.75 Å². The van der Waals surface area contributed by atoms with E-state index in [-0.39, 0.29) is 0 Å². The van der Waals surface area contributed by atoms with Crippen molar-refractivity contribution in [2.24, 2.45) is 0 Å². The Balaban J connectivity index is 2.13. The fourth-order valence-corrected chi connectivity index (χ4v) is 1.97. The van der Waals surface area contributed by atoms with Gasteiger partial charge in [0.25, 0.3) is 0 Å². The average Bonchev–Trinajstić information content (AvgIpc) is 2.44. The standard InChI is InChI=1S/C17H29NO/c1-3-5-7-8-9-15-19-17-12-10-16(11-13-17)18-14-6-4-2/h10-13,18H,3-9,14-15H2,1-2H3. The van der Waals surface area contributed by atoms with E-state index in [0.717, 1.165) is 25.3 Å². The summed E-state index contributed by atoms with van der Waals surface area (Å²) in [5, 5.41) is 3.41. The highest BCUT2D eigenvalue weighted by atomic mass is 16.5. The molecule has 0 aromatic heterocycles. The van der Waals surface area contributed by atoms with Crippen LogP contribution in [-0.4, -0.2) is 13.2 Å². The Hall–Kier alpha value is -1.18. The third-order valence-corrected chi connectivity index (χ3v) is 3.23. The molecule has 0 aliphatic heterocycles. The van der Waals surface area contributed by atoms with Crippen LogP contribution >= 0.6 is 0 Å². The minimum Gasteiger partial charge on any atom is -0.494 e. The molecule has 0 amide bonds. The summed E-state index contributed by atoms with van der Waals surface area (Å²) >= 11 is 0. The van der Waals surface area contributed by atoms with E-state index in [9.17, 15) is 0 Å². The summed E-state index contributed by atoms with van der Waals surface area (Å²) in [5.41, 5.74) is 1.18. The quantitative estimate of drug-likeness (QED) is 0.551. The Morgan fingerprint density at radius 3 is 2.21 bits per heavy atom. The zero-order chi connectivity index (χ0) is 13.8. The van der Waals surface area contributed by atoms with Gasteiger partial charge in [-0.25, -0.2) is 0 Å². The first-order valence-corrected chi connectivity index (χ1v) is 7.83. The lowest BCUT2D eigenvalue weighted by Gasteiger charge is -2.08. The first-order valence-electron chi connectivity index (χ1n) is 7.83. The van der Waals surface area contributed by atoms with E-state index in [0.29, 0.717) is 0 Å². The molecule has 0 aliphatic rings. The normalized spacial score (nSPS) is 10.4. The van der Waals surface area contributed by atoms with Gasteiger partial charge in [0.15, 0.2) is 0 Å². The van der Waals surface area contributed by atoms with Gasteiger partial charge in [0.1, 0.15) is 5.75 Å². The Labute approximate surface area is 118 Å². The maximum Gasteiger partial charge on any atom is 0.119 e. The molecule has 0 fully saturated rings. The molecule has 2 nitrogen and oxygen atoms in total. The minimum absolute atomic E-state index is 0.840. The topological polar surface area (TPSA) is 21.3 Å². The predicted molar refractivity (Wildman–Crippen MR) is 84.1 cm³/mol. The second-order valence-electron chi connectivity index (χ2n) is 5.07. The maximum atomic E-state index is 5.74. The van der Waals surface area contributed by atoms with Crippen LogP contribution in [0.15, 0.2) is 24.3 Å². The molecule has 0 atom stereocenters. The van der Waals surface area contributed by atoms with E-state index in [2.05, 4.69) is 43.4 Å². The van der Waals surface area contributed by atoms with Crippen molar-refractivity contribution in [3.05, 3.63) is 24.3 Å². The summed E-state index contributed by atoms with van der Waals surface area (Å²) < 4.78 is 5.74. The lowest BCUT2D eigenvalue weighted by molar-refractivity contribution is 0.304. The summed E-state index contributed by atoms with van der Waals surface area (Å²) in [7, 11) is 0. The van der Waals surface area contributed by atoms with Gasteiger partial charge in [-0.1, -0.05) is 46.0 Å². The molecule has 1 N–H and O–H groups in total. The van der Waals surface area contributed by atoms with Crippen LogP contribution in [-0.2, 0) is 0 Å². The number of unbranched alkanes of at least 4 members (excludes halogenated alkanes) is 5. The van der Waals surface area contributed by atoms with Crippen molar-refractivity contribution in [1.82, 2.24) is 0 Å². The molecule has 1 aromatic carbocycles. The predicted octanol–water partition coefficient (Wildman–Crippen LogP) is 5.25. The van der Waals surface area contributed by atoms with Crippen LogP contribution in [0.3, 0.4) is 0 Å². The van der Waals surface area contributed by atoms with Gasteiger partial charge in [0.2, 0.25) is 0 Å². The molecule has 0 bridgehead atoms. The van der Waals surface area contributed by atoms with E-state index >= 15 is 0 Å². The van der Waals surface area contributed by atoms with Crippen LogP contribution < -0.4 is 10.1 Å². The van der Waals surface area contributed by atoms with Crippen LogP contribution in [0.2, 0.25) is 0 Å². The number of nitrogens with one attached hydrogen (secondary N) is 1. The molecule has 0 spiro atoms. The molecular formula is C17H29NO. The lowest BCUT2D eigenvalue weighted by Crippen LogP contribution is -2.01. The van der Waals surface area contributed by atoms with E-state index in [1.807, 2.05) is 0 Å². The molecule has 1 rings (SSSR count). The van der Waals surface area contributed by atoms with Gasteiger partial charge in [-0.2, -0.15) is 0 Å². The van der Waals surface area contributed by atoms with Gasteiger partial charge in [-0.15, -0.1) is 0 Å². The number of rotatable bonds is 11.